The lowest BCUT2D eigenvalue weighted by Crippen LogP contribution is -1.93. The van der Waals surface area contributed by atoms with Crippen LogP contribution >= 0.6 is 23.2 Å². The van der Waals surface area contributed by atoms with E-state index in [1.165, 1.54) is 0 Å². The molecule has 0 atom stereocenters. The molecule has 1 heterocycles. The molecule has 4 heteroatoms. The van der Waals surface area contributed by atoms with E-state index < -0.39 is 0 Å². The van der Waals surface area contributed by atoms with Gasteiger partial charge in [-0.25, -0.2) is 4.98 Å². The van der Waals surface area contributed by atoms with Gasteiger partial charge >= 0.3 is 0 Å². The number of hydrogen-bond acceptors (Lipinski definition) is 2. The lowest BCUT2D eigenvalue weighted by molar-refractivity contribution is 1.37. The van der Waals surface area contributed by atoms with Crippen molar-refractivity contribution in [2.24, 2.45) is 0 Å². The highest BCUT2D eigenvalue weighted by Gasteiger charge is 2.02. The average Bonchev–Trinajstić information content (AvgIpc) is 2.42. The van der Waals surface area contributed by atoms with Crippen LogP contribution in [0.4, 0.5) is 11.5 Å². The molecular formula is C15H10Cl2N2. The first-order valence-electron chi connectivity index (χ1n) is 5.80. The molecule has 0 fully saturated rings. The van der Waals surface area contributed by atoms with Gasteiger partial charge in [0.05, 0.1) is 10.5 Å². The van der Waals surface area contributed by atoms with E-state index in [2.05, 4.69) is 10.3 Å². The fourth-order valence-electron chi connectivity index (χ4n) is 1.86. The summed E-state index contributed by atoms with van der Waals surface area (Å²) in [5.74, 6) is 0.753. The number of benzene rings is 2. The van der Waals surface area contributed by atoms with E-state index in [1.807, 2.05) is 54.6 Å². The maximum Gasteiger partial charge on any atom is 0.131 e. The standard InChI is InChI=1S/C15H10Cl2N2/c16-11-5-7-12(8-6-11)18-14-9-4-10-2-1-3-13(17)15(10)19-14/h1-9H,(H,18,19). The quantitative estimate of drug-likeness (QED) is 0.693. The summed E-state index contributed by atoms with van der Waals surface area (Å²) in [5.41, 5.74) is 1.73. The molecule has 0 aliphatic heterocycles. The minimum Gasteiger partial charge on any atom is -0.340 e. The smallest absolute Gasteiger partial charge is 0.131 e. The van der Waals surface area contributed by atoms with Crippen molar-refractivity contribution in [3.63, 3.8) is 0 Å². The van der Waals surface area contributed by atoms with Gasteiger partial charge in [0.15, 0.2) is 0 Å². The SMILES string of the molecule is Clc1ccc(Nc2ccc3cccc(Cl)c3n2)cc1. The summed E-state index contributed by atoms with van der Waals surface area (Å²) < 4.78 is 0. The maximum absolute atomic E-state index is 6.15. The second-order valence-electron chi connectivity index (χ2n) is 4.14. The number of rotatable bonds is 2. The number of halogens is 2. The van der Waals surface area contributed by atoms with E-state index in [4.69, 9.17) is 23.2 Å². The lowest BCUT2D eigenvalue weighted by Gasteiger charge is -2.07. The van der Waals surface area contributed by atoms with Gasteiger partial charge < -0.3 is 5.32 Å². The fraction of sp³-hybridized carbons (Fsp3) is 0. The Morgan fingerprint density at radius 1 is 0.842 bits per heavy atom. The van der Waals surface area contributed by atoms with Crippen molar-refractivity contribution in [3.8, 4) is 0 Å². The van der Waals surface area contributed by atoms with Crippen LogP contribution in [0.5, 0.6) is 0 Å². The van der Waals surface area contributed by atoms with E-state index in [1.54, 1.807) is 0 Å². The zero-order chi connectivity index (χ0) is 13.2. The minimum absolute atomic E-state index is 0.650. The summed E-state index contributed by atoms with van der Waals surface area (Å²) in [5, 5.41) is 5.60. The Hall–Kier alpha value is -1.77. The molecule has 0 aliphatic rings. The largest absolute Gasteiger partial charge is 0.340 e. The Balaban J connectivity index is 1.97. The van der Waals surface area contributed by atoms with Crippen molar-refractivity contribution in [3.05, 3.63) is 64.6 Å². The monoisotopic (exact) mass is 288 g/mol. The number of pyridine rings is 1. The van der Waals surface area contributed by atoms with Crippen molar-refractivity contribution in [2.75, 3.05) is 5.32 Å². The molecule has 0 radical (unpaired) electrons. The van der Waals surface area contributed by atoms with E-state index in [-0.39, 0.29) is 0 Å². The number of nitrogens with one attached hydrogen (secondary N) is 1. The Morgan fingerprint density at radius 2 is 1.63 bits per heavy atom. The van der Waals surface area contributed by atoms with Gasteiger partial charge in [-0.3, -0.25) is 0 Å². The molecule has 3 aromatic rings. The van der Waals surface area contributed by atoms with Gasteiger partial charge in [-0.15, -0.1) is 0 Å². The zero-order valence-electron chi connectivity index (χ0n) is 9.90. The highest BCUT2D eigenvalue weighted by atomic mass is 35.5. The Kier molecular flexibility index (Phi) is 3.28. The van der Waals surface area contributed by atoms with Crippen molar-refractivity contribution in [1.82, 2.24) is 4.98 Å². The molecule has 3 rings (SSSR count). The Bertz CT molecular complexity index is 724. The molecule has 94 valence electrons. The molecule has 1 aromatic heterocycles. The van der Waals surface area contributed by atoms with E-state index in [0.29, 0.717) is 10.0 Å². The fourth-order valence-corrected chi connectivity index (χ4v) is 2.21. The van der Waals surface area contributed by atoms with Crippen LogP contribution in [0.15, 0.2) is 54.6 Å². The number of fused-ring (bicyclic) bond motifs is 1. The molecule has 0 bridgehead atoms. The number of nitrogens with zero attached hydrogens (tertiary/aromatic N) is 1. The molecule has 0 spiro atoms. The van der Waals surface area contributed by atoms with Crippen LogP contribution in [-0.2, 0) is 0 Å². The van der Waals surface area contributed by atoms with E-state index >= 15 is 0 Å². The molecule has 19 heavy (non-hydrogen) atoms. The molecule has 0 saturated heterocycles. The first kappa shape index (κ1) is 12.3. The van der Waals surface area contributed by atoms with Gasteiger partial charge in [-0.05, 0) is 42.5 Å². The van der Waals surface area contributed by atoms with Gasteiger partial charge in [0, 0.05) is 16.1 Å². The van der Waals surface area contributed by atoms with Crippen molar-refractivity contribution in [2.45, 2.75) is 0 Å². The second kappa shape index (κ2) is 5.08. The number of anilines is 2. The molecule has 2 nitrogen and oxygen atoms in total. The van der Waals surface area contributed by atoms with Gasteiger partial charge in [0.2, 0.25) is 0 Å². The van der Waals surface area contributed by atoms with Crippen LogP contribution in [0, 0.1) is 0 Å². The van der Waals surface area contributed by atoms with Crippen LogP contribution in [-0.4, -0.2) is 4.98 Å². The highest BCUT2D eigenvalue weighted by Crippen LogP contribution is 2.24. The third-order valence-electron chi connectivity index (χ3n) is 2.79. The van der Waals surface area contributed by atoms with Crippen LogP contribution in [0.25, 0.3) is 10.9 Å². The zero-order valence-corrected chi connectivity index (χ0v) is 11.4. The number of para-hydroxylation sites is 1. The molecule has 1 N–H and O–H groups in total. The summed E-state index contributed by atoms with van der Waals surface area (Å²) in [6, 6.07) is 17.1. The normalized spacial score (nSPS) is 10.6. The minimum atomic E-state index is 0.650. The van der Waals surface area contributed by atoms with Crippen molar-refractivity contribution < 1.29 is 0 Å². The number of hydrogen-bond donors (Lipinski definition) is 1. The Morgan fingerprint density at radius 3 is 2.42 bits per heavy atom. The number of aromatic nitrogens is 1. The highest BCUT2D eigenvalue weighted by molar-refractivity contribution is 6.35. The average molecular weight is 289 g/mol. The van der Waals surface area contributed by atoms with Crippen LogP contribution < -0.4 is 5.32 Å². The van der Waals surface area contributed by atoms with Crippen LogP contribution in [0.3, 0.4) is 0 Å². The van der Waals surface area contributed by atoms with E-state index in [0.717, 1.165) is 22.4 Å². The maximum atomic E-state index is 6.15. The third-order valence-corrected chi connectivity index (χ3v) is 3.34. The topological polar surface area (TPSA) is 24.9 Å². The van der Waals surface area contributed by atoms with Gasteiger partial charge in [-0.2, -0.15) is 0 Å². The summed E-state index contributed by atoms with van der Waals surface area (Å²) in [6.45, 7) is 0. The predicted molar refractivity (Wildman–Crippen MR) is 81.5 cm³/mol. The second-order valence-corrected chi connectivity index (χ2v) is 4.98. The lowest BCUT2D eigenvalue weighted by atomic mass is 10.2. The molecule has 0 aliphatic carbocycles. The predicted octanol–water partition coefficient (Wildman–Crippen LogP) is 5.29. The van der Waals surface area contributed by atoms with Crippen molar-refractivity contribution in [1.29, 1.82) is 0 Å². The van der Waals surface area contributed by atoms with E-state index in [9.17, 15) is 0 Å². The molecule has 2 aromatic carbocycles. The summed E-state index contributed by atoms with van der Waals surface area (Å²) in [6.07, 6.45) is 0. The van der Waals surface area contributed by atoms with Crippen LogP contribution in [0.2, 0.25) is 10.0 Å². The summed E-state index contributed by atoms with van der Waals surface area (Å²) >= 11 is 12.0. The molecule has 0 unspecified atom stereocenters. The van der Waals surface area contributed by atoms with Crippen LogP contribution in [0.1, 0.15) is 0 Å². The summed E-state index contributed by atoms with van der Waals surface area (Å²) in [4.78, 5) is 4.52. The Labute approximate surface area is 121 Å². The molecule has 0 amide bonds. The molecule has 0 saturated carbocycles. The third kappa shape index (κ3) is 2.65. The van der Waals surface area contributed by atoms with Gasteiger partial charge in [-0.1, -0.05) is 35.3 Å². The first-order valence-corrected chi connectivity index (χ1v) is 6.56. The first-order chi connectivity index (χ1) is 9.22. The summed E-state index contributed by atoms with van der Waals surface area (Å²) in [7, 11) is 0. The van der Waals surface area contributed by atoms with Crippen molar-refractivity contribution >= 4 is 45.6 Å². The molecular weight excluding hydrogens is 279 g/mol. The van der Waals surface area contributed by atoms with Gasteiger partial charge in [0.1, 0.15) is 5.82 Å². The van der Waals surface area contributed by atoms with Gasteiger partial charge in [0.25, 0.3) is 0 Å².